The average Bonchev–Trinajstić information content (AvgIpc) is 2.97. The molecule has 4 N–H and O–H groups in total. The normalized spacial score (nSPS) is 14.7. The zero-order valence-corrected chi connectivity index (χ0v) is 13.4. The van der Waals surface area contributed by atoms with Gasteiger partial charge in [-0.15, -0.1) is 11.3 Å². The monoisotopic (exact) mass is 322 g/mol. The van der Waals surface area contributed by atoms with E-state index < -0.39 is 0 Å². The van der Waals surface area contributed by atoms with E-state index in [1.54, 1.807) is 11.3 Å². The fraction of sp³-hybridized carbons (Fsp3) is 0.429. The Morgan fingerprint density at radius 2 is 2.33 bits per heavy atom. The Morgan fingerprint density at radius 1 is 1.52 bits per heavy atom. The minimum absolute atomic E-state index is 0.153. The van der Waals surface area contributed by atoms with Gasteiger partial charge in [-0.1, -0.05) is 11.3 Å². The van der Waals surface area contributed by atoms with Crippen LogP contribution in [0.25, 0.3) is 0 Å². The van der Waals surface area contributed by atoms with E-state index in [0.29, 0.717) is 23.3 Å². The molecule has 0 atom stereocenters. The van der Waals surface area contributed by atoms with Crippen LogP contribution >= 0.6 is 22.7 Å². The molecular formula is C14H18N4OS2. The minimum Gasteiger partial charge on any atom is -0.382 e. The average molecular weight is 322 g/mol. The first-order valence-electron chi connectivity index (χ1n) is 6.97. The van der Waals surface area contributed by atoms with Crippen molar-refractivity contribution < 1.29 is 4.79 Å². The summed E-state index contributed by atoms with van der Waals surface area (Å²) in [5.74, 6) is 0.154. The van der Waals surface area contributed by atoms with Gasteiger partial charge in [0.05, 0.1) is 6.54 Å². The van der Waals surface area contributed by atoms with Gasteiger partial charge in [-0.25, -0.2) is 4.98 Å². The van der Waals surface area contributed by atoms with Gasteiger partial charge in [0, 0.05) is 10.9 Å². The molecule has 2 aromatic heterocycles. The summed E-state index contributed by atoms with van der Waals surface area (Å²) >= 11 is 2.98. The summed E-state index contributed by atoms with van der Waals surface area (Å²) in [6.07, 6.45) is 3.59. The maximum atomic E-state index is 12.2. The maximum absolute atomic E-state index is 12.2. The Bertz CT molecular complexity index is 645. The number of nitrogen functional groups attached to an aromatic ring is 1. The third kappa shape index (κ3) is 3.19. The second kappa shape index (κ2) is 6.03. The number of rotatable bonds is 5. The van der Waals surface area contributed by atoms with Gasteiger partial charge in [-0.2, -0.15) is 0 Å². The highest BCUT2D eigenvalue weighted by Crippen LogP contribution is 2.29. The lowest BCUT2D eigenvalue weighted by Crippen LogP contribution is -2.26. The molecule has 3 rings (SSSR count). The molecule has 0 radical (unpaired) electrons. The van der Waals surface area contributed by atoms with E-state index in [1.165, 1.54) is 41.0 Å². The number of thiazole rings is 1. The number of carbonyl (C=O) groups excluding carboxylic acids is 1. The number of amides is 1. The van der Waals surface area contributed by atoms with Crippen molar-refractivity contribution in [3.05, 3.63) is 26.8 Å². The molecule has 0 saturated heterocycles. The van der Waals surface area contributed by atoms with Crippen LogP contribution in [0.15, 0.2) is 11.4 Å². The number of carbonyl (C=O) groups is 1. The largest absolute Gasteiger partial charge is 0.382 e. The van der Waals surface area contributed by atoms with Crippen LogP contribution in [0, 0.1) is 6.92 Å². The van der Waals surface area contributed by atoms with E-state index in [4.69, 9.17) is 5.73 Å². The van der Waals surface area contributed by atoms with Gasteiger partial charge < -0.3 is 16.4 Å². The van der Waals surface area contributed by atoms with Gasteiger partial charge in [-0.3, -0.25) is 4.79 Å². The van der Waals surface area contributed by atoms with Crippen LogP contribution in [0.4, 0.5) is 10.9 Å². The molecule has 2 heterocycles. The Labute approximate surface area is 131 Å². The van der Waals surface area contributed by atoms with Crippen molar-refractivity contribution in [3.63, 3.8) is 0 Å². The van der Waals surface area contributed by atoms with Gasteiger partial charge in [-0.05, 0) is 43.2 Å². The summed E-state index contributed by atoms with van der Waals surface area (Å²) < 4.78 is 0. The van der Waals surface area contributed by atoms with Gasteiger partial charge >= 0.3 is 0 Å². The second-order valence-electron chi connectivity index (χ2n) is 5.22. The lowest BCUT2D eigenvalue weighted by atomic mass is 9.93. The molecule has 0 aromatic carbocycles. The first kappa shape index (κ1) is 14.3. The highest BCUT2D eigenvalue weighted by molar-refractivity contribution is 7.18. The van der Waals surface area contributed by atoms with Crippen molar-refractivity contribution in [3.8, 4) is 0 Å². The van der Waals surface area contributed by atoms with E-state index in [2.05, 4.69) is 15.6 Å². The highest BCUT2D eigenvalue weighted by atomic mass is 32.1. The van der Waals surface area contributed by atoms with Crippen molar-refractivity contribution in [2.45, 2.75) is 38.8 Å². The summed E-state index contributed by atoms with van der Waals surface area (Å²) in [7, 11) is 0. The number of aryl methyl sites for hydroxylation is 1. The number of aromatic nitrogens is 1. The second-order valence-corrected chi connectivity index (χ2v) is 7.21. The number of thiophene rings is 1. The smallest absolute Gasteiger partial charge is 0.265 e. The Morgan fingerprint density at radius 3 is 2.95 bits per heavy atom. The van der Waals surface area contributed by atoms with Crippen molar-refractivity contribution in [2.24, 2.45) is 0 Å². The van der Waals surface area contributed by atoms with E-state index in [9.17, 15) is 4.79 Å². The molecule has 1 aliphatic rings. The summed E-state index contributed by atoms with van der Waals surface area (Å²) in [5, 5.41) is 9.01. The third-order valence-electron chi connectivity index (χ3n) is 3.67. The summed E-state index contributed by atoms with van der Waals surface area (Å²) in [5.41, 5.74) is 7.06. The quantitative estimate of drug-likeness (QED) is 0.790. The van der Waals surface area contributed by atoms with Crippen molar-refractivity contribution >= 4 is 39.5 Å². The van der Waals surface area contributed by atoms with Crippen molar-refractivity contribution in [2.75, 3.05) is 11.1 Å². The lowest BCUT2D eigenvalue weighted by Gasteiger charge is -2.25. The van der Waals surface area contributed by atoms with Crippen molar-refractivity contribution in [1.29, 1.82) is 0 Å². The van der Waals surface area contributed by atoms with Crippen LogP contribution in [0.2, 0.25) is 0 Å². The molecule has 1 aliphatic carbocycles. The minimum atomic E-state index is -0.153. The van der Waals surface area contributed by atoms with Crippen molar-refractivity contribution in [1.82, 2.24) is 10.3 Å². The van der Waals surface area contributed by atoms with E-state index >= 15 is 0 Å². The van der Waals surface area contributed by atoms with E-state index in [1.807, 2.05) is 18.4 Å². The molecule has 1 saturated carbocycles. The number of anilines is 2. The molecule has 0 bridgehead atoms. The first-order chi connectivity index (χ1) is 10.1. The molecule has 0 aliphatic heterocycles. The Hall–Kier alpha value is -1.60. The number of nitrogens with zero attached hydrogens (tertiary/aromatic N) is 1. The zero-order chi connectivity index (χ0) is 14.8. The standard InChI is InChI=1S/C14H18N4OS2/c1-8-5-6-20-10(8)7-16-13(19)11-12(15)18-14(21-11)17-9-3-2-4-9/h5-6,9H,2-4,7,15H2,1H3,(H,16,19)(H,17,18). The molecule has 1 fully saturated rings. The van der Waals surface area contributed by atoms with Crippen LogP contribution in [0.5, 0.6) is 0 Å². The maximum Gasteiger partial charge on any atom is 0.265 e. The Kier molecular flexibility index (Phi) is 4.12. The van der Waals surface area contributed by atoms with Crippen LogP contribution < -0.4 is 16.4 Å². The SMILES string of the molecule is Cc1ccsc1CNC(=O)c1sc(NC2CCC2)nc1N. The zero-order valence-electron chi connectivity index (χ0n) is 11.8. The molecular weight excluding hydrogens is 304 g/mol. The van der Waals surface area contributed by atoms with Crippen LogP contribution in [-0.4, -0.2) is 16.9 Å². The topological polar surface area (TPSA) is 80.0 Å². The molecule has 21 heavy (non-hydrogen) atoms. The van der Waals surface area contributed by atoms with E-state index in [-0.39, 0.29) is 5.91 Å². The molecule has 112 valence electrons. The number of nitrogens with one attached hydrogen (secondary N) is 2. The summed E-state index contributed by atoms with van der Waals surface area (Å²) in [6, 6.07) is 2.54. The molecule has 0 unspecified atom stereocenters. The van der Waals surface area contributed by atoms with Crippen LogP contribution in [-0.2, 0) is 6.54 Å². The van der Waals surface area contributed by atoms with Gasteiger partial charge in [0.1, 0.15) is 10.7 Å². The predicted molar refractivity (Wildman–Crippen MR) is 88.0 cm³/mol. The molecule has 5 nitrogen and oxygen atoms in total. The third-order valence-corrected chi connectivity index (χ3v) is 5.69. The van der Waals surface area contributed by atoms with Crippen LogP contribution in [0.3, 0.4) is 0 Å². The Balaban J connectivity index is 1.62. The highest BCUT2D eigenvalue weighted by Gasteiger charge is 2.21. The number of hydrogen-bond acceptors (Lipinski definition) is 6. The van der Waals surface area contributed by atoms with Gasteiger partial charge in [0.25, 0.3) is 5.91 Å². The van der Waals surface area contributed by atoms with Gasteiger partial charge in [0.2, 0.25) is 0 Å². The van der Waals surface area contributed by atoms with E-state index in [0.717, 1.165) is 5.13 Å². The number of nitrogens with two attached hydrogens (primary N) is 1. The fourth-order valence-corrected chi connectivity index (χ4v) is 3.83. The van der Waals surface area contributed by atoms with Crippen LogP contribution in [0.1, 0.15) is 39.4 Å². The number of hydrogen-bond donors (Lipinski definition) is 3. The summed E-state index contributed by atoms with van der Waals surface area (Å²) in [6.45, 7) is 2.57. The first-order valence-corrected chi connectivity index (χ1v) is 8.67. The molecule has 2 aromatic rings. The fourth-order valence-electron chi connectivity index (χ4n) is 2.11. The summed E-state index contributed by atoms with van der Waals surface area (Å²) in [4.78, 5) is 18.1. The molecule has 1 amide bonds. The lowest BCUT2D eigenvalue weighted by molar-refractivity contribution is 0.0956. The predicted octanol–water partition coefficient (Wildman–Crippen LogP) is 2.99. The molecule has 0 spiro atoms. The van der Waals surface area contributed by atoms with Gasteiger partial charge in [0.15, 0.2) is 5.13 Å². The molecule has 7 heteroatoms.